The zero-order valence-corrected chi connectivity index (χ0v) is 13.2. The van der Waals surface area contributed by atoms with Crippen LogP contribution in [-0.4, -0.2) is 32.3 Å². The van der Waals surface area contributed by atoms with Crippen molar-refractivity contribution in [2.24, 2.45) is 5.92 Å². The van der Waals surface area contributed by atoms with Crippen molar-refractivity contribution < 1.29 is 9.47 Å². The Bertz CT molecular complexity index is 369. The molecule has 0 radical (unpaired) electrons. The van der Waals surface area contributed by atoms with Crippen LogP contribution in [0.4, 0.5) is 0 Å². The highest BCUT2D eigenvalue weighted by molar-refractivity contribution is 7.98. The highest BCUT2D eigenvalue weighted by atomic mass is 32.2. The standard InChI is InChI=1S/C15H25NO2S/c1-12(2)10-16-11-13-9-14(17-3)5-6-15(13)18-7-8-19-4/h5-6,9,12,16H,7-8,10-11H2,1-4H3. The average Bonchev–Trinajstić information content (AvgIpc) is 2.40. The maximum Gasteiger partial charge on any atom is 0.124 e. The highest BCUT2D eigenvalue weighted by Crippen LogP contribution is 2.24. The molecule has 0 saturated heterocycles. The number of thioether (sulfide) groups is 1. The van der Waals surface area contributed by atoms with Crippen molar-refractivity contribution in [3.05, 3.63) is 23.8 Å². The number of rotatable bonds is 9. The average molecular weight is 283 g/mol. The number of ether oxygens (including phenoxy) is 2. The van der Waals surface area contributed by atoms with Gasteiger partial charge in [0.05, 0.1) is 13.7 Å². The third-order valence-electron chi connectivity index (χ3n) is 2.68. The summed E-state index contributed by atoms with van der Waals surface area (Å²) in [5.74, 6) is 3.47. The molecule has 0 aliphatic carbocycles. The summed E-state index contributed by atoms with van der Waals surface area (Å²) in [6.45, 7) is 6.96. The summed E-state index contributed by atoms with van der Waals surface area (Å²) in [5, 5.41) is 3.44. The SMILES string of the molecule is COc1ccc(OCCSC)c(CNCC(C)C)c1. The molecular weight excluding hydrogens is 258 g/mol. The molecule has 1 aromatic carbocycles. The molecule has 0 spiro atoms. The molecule has 0 aliphatic heterocycles. The number of methoxy groups -OCH3 is 1. The topological polar surface area (TPSA) is 30.5 Å². The van der Waals surface area contributed by atoms with Gasteiger partial charge < -0.3 is 14.8 Å². The van der Waals surface area contributed by atoms with Gasteiger partial charge in [0.15, 0.2) is 0 Å². The first-order chi connectivity index (χ1) is 9.17. The minimum atomic E-state index is 0.645. The van der Waals surface area contributed by atoms with Crippen LogP contribution in [0.15, 0.2) is 18.2 Å². The second-order valence-electron chi connectivity index (χ2n) is 4.84. The van der Waals surface area contributed by atoms with Gasteiger partial charge >= 0.3 is 0 Å². The summed E-state index contributed by atoms with van der Waals surface area (Å²) in [4.78, 5) is 0. The second kappa shape index (κ2) is 9.10. The van der Waals surface area contributed by atoms with E-state index in [2.05, 4.69) is 25.4 Å². The fourth-order valence-electron chi connectivity index (χ4n) is 1.69. The summed E-state index contributed by atoms with van der Waals surface area (Å²) in [6, 6.07) is 5.98. The smallest absolute Gasteiger partial charge is 0.124 e. The summed E-state index contributed by atoms with van der Waals surface area (Å²) in [5.41, 5.74) is 1.15. The first-order valence-corrected chi connectivity index (χ1v) is 8.06. The first kappa shape index (κ1) is 16.2. The Morgan fingerprint density at radius 1 is 1.32 bits per heavy atom. The molecule has 3 nitrogen and oxygen atoms in total. The summed E-state index contributed by atoms with van der Waals surface area (Å²) < 4.78 is 11.1. The van der Waals surface area contributed by atoms with Crippen LogP contribution >= 0.6 is 11.8 Å². The van der Waals surface area contributed by atoms with E-state index in [9.17, 15) is 0 Å². The van der Waals surface area contributed by atoms with Crippen molar-refractivity contribution in [2.45, 2.75) is 20.4 Å². The molecule has 0 aliphatic rings. The van der Waals surface area contributed by atoms with E-state index in [0.29, 0.717) is 5.92 Å². The van der Waals surface area contributed by atoms with Crippen molar-refractivity contribution in [1.82, 2.24) is 5.32 Å². The molecule has 4 heteroatoms. The lowest BCUT2D eigenvalue weighted by Gasteiger charge is -2.14. The van der Waals surface area contributed by atoms with Crippen LogP contribution in [0.1, 0.15) is 19.4 Å². The number of hydrogen-bond acceptors (Lipinski definition) is 4. The second-order valence-corrected chi connectivity index (χ2v) is 5.83. The monoisotopic (exact) mass is 283 g/mol. The molecule has 108 valence electrons. The quantitative estimate of drug-likeness (QED) is 0.705. The summed E-state index contributed by atoms with van der Waals surface area (Å²) in [7, 11) is 1.69. The van der Waals surface area contributed by atoms with Crippen LogP contribution in [0, 0.1) is 5.92 Å². The van der Waals surface area contributed by atoms with Gasteiger partial charge in [0, 0.05) is 17.9 Å². The zero-order valence-electron chi connectivity index (χ0n) is 12.4. The zero-order chi connectivity index (χ0) is 14.1. The molecule has 0 unspecified atom stereocenters. The predicted octanol–water partition coefficient (Wildman–Crippen LogP) is 3.18. The molecule has 1 N–H and O–H groups in total. The molecule has 0 saturated carbocycles. The molecule has 1 rings (SSSR count). The molecule has 0 bridgehead atoms. The van der Waals surface area contributed by atoms with Crippen molar-refractivity contribution in [3.8, 4) is 11.5 Å². The normalized spacial score (nSPS) is 10.8. The molecule has 0 atom stereocenters. The van der Waals surface area contributed by atoms with Gasteiger partial charge in [0.2, 0.25) is 0 Å². The molecule has 0 fully saturated rings. The third kappa shape index (κ3) is 6.21. The van der Waals surface area contributed by atoms with Crippen molar-refractivity contribution in [3.63, 3.8) is 0 Å². The van der Waals surface area contributed by atoms with Crippen LogP contribution in [0.2, 0.25) is 0 Å². The van der Waals surface area contributed by atoms with Gasteiger partial charge in [-0.2, -0.15) is 11.8 Å². The van der Waals surface area contributed by atoms with E-state index in [0.717, 1.165) is 42.5 Å². The van der Waals surface area contributed by atoms with Gasteiger partial charge in [-0.25, -0.2) is 0 Å². The van der Waals surface area contributed by atoms with E-state index in [-0.39, 0.29) is 0 Å². The fourth-order valence-corrected chi connectivity index (χ4v) is 1.94. The first-order valence-electron chi connectivity index (χ1n) is 6.66. The molecule has 0 heterocycles. The van der Waals surface area contributed by atoms with E-state index in [1.54, 1.807) is 18.9 Å². The van der Waals surface area contributed by atoms with Gasteiger partial charge in [-0.1, -0.05) is 13.8 Å². The minimum Gasteiger partial charge on any atom is -0.497 e. The van der Waals surface area contributed by atoms with Gasteiger partial charge in [0.25, 0.3) is 0 Å². The number of hydrogen-bond donors (Lipinski definition) is 1. The van der Waals surface area contributed by atoms with Crippen molar-refractivity contribution in [2.75, 3.05) is 32.3 Å². The van der Waals surface area contributed by atoms with E-state index >= 15 is 0 Å². The van der Waals surface area contributed by atoms with Crippen LogP contribution < -0.4 is 14.8 Å². The predicted molar refractivity (Wildman–Crippen MR) is 83.4 cm³/mol. The van der Waals surface area contributed by atoms with E-state index in [4.69, 9.17) is 9.47 Å². The third-order valence-corrected chi connectivity index (χ3v) is 3.26. The van der Waals surface area contributed by atoms with Crippen LogP contribution in [0.3, 0.4) is 0 Å². The molecular formula is C15H25NO2S. The Balaban J connectivity index is 2.65. The Morgan fingerprint density at radius 3 is 2.74 bits per heavy atom. The molecule has 0 aromatic heterocycles. The van der Waals surface area contributed by atoms with Gasteiger partial charge in [-0.3, -0.25) is 0 Å². The lowest BCUT2D eigenvalue weighted by Crippen LogP contribution is -2.19. The van der Waals surface area contributed by atoms with Crippen LogP contribution in [0.5, 0.6) is 11.5 Å². The largest absolute Gasteiger partial charge is 0.497 e. The Kier molecular flexibility index (Phi) is 7.75. The lowest BCUT2D eigenvalue weighted by atomic mass is 10.1. The van der Waals surface area contributed by atoms with Crippen LogP contribution in [0.25, 0.3) is 0 Å². The van der Waals surface area contributed by atoms with Crippen molar-refractivity contribution >= 4 is 11.8 Å². The van der Waals surface area contributed by atoms with Gasteiger partial charge in [-0.05, 0) is 36.9 Å². The molecule has 0 amide bonds. The van der Waals surface area contributed by atoms with E-state index in [1.165, 1.54) is 0 Å². The highest BCUT2D eigenvalue weighted by Gasteiger charge is 2.06. The minimum absolute atomic E-state index is 0.645. The van der Waals surface area contributed by atoms with Crippen LogP contribution in [-0.2, 0) is 6.54 Å². The molecule has 1 aromatic rings. The van der Waals surface area contributed by atoms with Gasteiger partial charge in [0.1, 0.15) is 11.5 Å². The summed E-state index contributed by atoms with van der Waals surface area (Å²) in [6.07, 6.45) is 2.09. The Hall–Kier alpha value is -0.870. The number of nitrogens with one attached hydrogen (secondary N) is 1. The lowest BCUT2D eigenvalue weighted by molar-refractivity contribution is 0.337. The number of benzene rings is 1. The Morgan fingerprint density at radius 2 is 2.11 bits per heavy atom. The van der Waals surface area contributed by atoms with Crippen molar-refractivity contribution in [1.29, 1.82) is 0 Å². The van der Waals surface area contributed by atoms with E-state index < -0.39 is 0 Å². The summed E-state index contributed by atoms with van der Waals surface area (Å²) >= 11 is 1.79. The van der Waals surface area contributed by atoms with E-state index in [1.807, 2.05) is 18.2 Å². The van der Waals surface area contributed by atoms with Gasteiger partial charge in [-0.15, -0.1) is 0 Å². The maximum absolute atomic E-state index is 5.82. The molecule has 19 heavy (non-hydrogen) atoms. The Labute approximate surface area is 121 Å². The fraction of sp³-hybridized carbons (Fsp3) is 0.600. The maximum atomic E-state index is 5.82.